The van der Waals surface area contributed by atoms with Crippen LogP contribution in [-0.4, -0.2) is 53.5 Å². The first-order chi connectivity index (χ1) is 13.7. The Morgan fingerprint density at radius 3 is 2.14 bits per heavy atom. The summed E-state index contributed by atoms with van der Waals surface area (Å²) < 4.78 is 21.3. The molecule has 1 fully saturated rings. The third-order valence-corrected chi connectivity index (χ3v) is 4.69. The Hall–Kier alpha value is -2.93. The van der Waals surface area contributed by atoms with Gasteiger partial charge in [0.1, 0.15) is 0 Å². The molecule has 0 radical (unpaired) electrons. The van der Waals surface area contributed by atoms with Gasteiger partial charge in [0.2, 0.25) is 5.75 Å². The summed E-state index contributed by atoms with van der Waals surface area (Å²) in [6, 6.07) is 11.5. The van der Waals surface area contributed by atoms with Crippen LogP contribution in [-0.2, 0) is 11.3 Å². The summed E-state index contributed by atoms with van der Waals surface area (Å²) in [6.07, 6.45) is 0. The van der Waals surface area contributed by atoms with Crippen molar-refractivity contribution in [3.8, 4) is 17.2 Å². The normalized spacial score (nSPS) is 13.8. The average Bonchev–Trinajstić information content (AvgIpc) is 2.77. The fraction of sp³-hybridized carbons (Fsp3) is 0.381. The van der Waals surface area contributed by atoms with Gasteiger partial charge in [-0.3, -0.25) is 4.79 Å². The Morgan fingerprint density at radius 1 is 1.00 bits per heavy atom. The van der Waals surface area contributed by atoms with Gasteiger partial charge < -0.3 is 29.2 Å². The summed E-state index contributed by atoms with van der Waals surface area (Å²) >= 11 is 0. The number of ether oxygens (including phenoxy) is 4. The molecule has 0 saturated carbocycles. The van der Waals surface area contributed by atoms with Crippen LogP contribution in [0, 0.1) is 0 Å². The molecule has 1 amide bonds. The molecule has 1 heterocycles. The quantitative estimate of drug-likeness (QED) is 0.789. The van der Waals surface area contributed by atoms with E-state index >= 15 is 0 Å². The lowest BCUT2D eigenvalue weighted by Gasteiger charge is -2.28. The minimum absolute atomic E-state index is 0.212. The minimum atomic E-state index is -0.212. The Kier molecular flexibility index (Phi) is 6.60. The zero-order valence-corrected chi connectivity index (χ0v) is 16.5. The van der Waals surface area contributed by atoms with Gasteiger partial charge in [0.05, 0.1) is 34.5 Å². The predicted molar refractivity (Wildman–Crippen MR) is 107 cm³/mol. The lowest BCUT2D eigenvalue weighted by atomic mass is 10.1. The van der Waals surface area contributed by atoms with E-state index in [0.717, 1.165) is 31.9 Å². The lowest BCUT2D eigenvalue weighted by Crippen LogP contribution is -2.36. The van der Waals surface area contributed by atoms with Crippen LogP contribution in [0.25, 0.3) is 0 Å². The van der Waals surface area contributed by atoms with Crippen molar-refractivity contribution in [2.24, 2.45) is 0 Å². The smallest absolute Gasteiger partial charge is 0.251 e. The number of hydrogen-bond acceptors (Lipinski definition) is 6. The van der Waals surface area contributed by atoms with E-state index in [1.165, 1.54) is 27.0 Å². The lowest BCUT2D eigenvalue weighted by molar-refractivity contribution is 0.0950. The third-order valence-electron chi connectivity index (χ3n) is 4.69. The van der Waals surface area contributed by atoms with Crippen molar-refractivity contribution in [2.45, 2.75) is 6.54 Å². The van der Waals surface area contributed by atoms with E-state index in [1.54, 1.807) is 12.1 Å². The van der Waals surface area contributed by atoms with Gasteiger partial charge in [0, 0.05) is 30.9 Å². The molecular formula is C21H26N2O5. The highest BCUT2D eigenvalue weighted by Crippen LogP contribution is 2.38. The van der Waals surface area contributed by atoms with Crippen molar-refractivity contribution < 1.29 is 23.7 Å². The van der Waals surface area contributed by atoms with Crippen LogP contribution in [0.5, 0.6) is 17.2 Å². The molecule has 3 rings (SSSR count). The van der Waals surface area contributed by atoms with Crippen LogP contribution in [0.3, 0.4) is 0 Å². The molecule has 28 heavy (non-hydrogen) atoms. The number of rotatable bonds is 7. The standard InChI is InChI=1S/C21H26N2O5/c1-25-18-12-16(13-19(26-2)20(18)27-3)21(24)22-14-15-4-6-17(7-5-15)23-8-10-28-11-9-23/h4-7,12-13H,8-11,14H2,1-3H3,(H,22,24). The number of methoxy groups -OCH3 is 3. The molecule has 0 aromatic heterocycles. The number of amides is 1. The molecule has 1 saturated heterocycles. The molecule has 1 aliphatic heterocycles. The minimum Gasteiger partial charge on any atom is -0.493 e. The predicted octanol–water partition coefficient (Wildman–Crippen LogP) is 2.48. The fourth-order valence-corrected chi connectivity index (χ4v) is 3.14. The second-order valence-electron chi connectivity index (χ2n) is 6.36. The molecule has 7 nitrogen and oxygen atoms in total. The van der Waals surface area contributed by atoms with Crippen molar-refractivity contribution in [3.63, 3.8) is 0 Å². The Bertz CT molecular complexity index is 776. The molecule has 7 heteroatoms. The zero-order chi connectivity index (χ0) is 19.9. The summed E-state index contributed by atoms with van der Waals surface area (Å²) in [7, 11) is 4.57. The fourth-order valence-electron chi connectivity index (χ4n) is 3.14. The highest BCUT2D eigenvalue weighted by atomic mass is 16.5. The van der Waals surface area contributed by atoms with Gasteiger partial charge in [-0.15, -0.1) is 0 Å². The number of nitrogens with zero attached hydrogens (tertiary/aromatic N) is 1. The maximum absolute atomic E-state index is 12.6. The maximum atomic E-state index is 12.6. The van der Waals surface area contributed by atoms with E-state index < -0.39 is 0 Å². The topological polar surface area (TPSA) is 69.3 Å². The number of nitrogens with one attached hydrogen (secondary N) is 1. The van der Waals surface area contributed by atoms with Gasteiger partial charge >= 0.3 is 0 Å². The van der Waals surface area contributed by atoms with Crippen molar-refractivity contribution in [2.75, 3.05) is 52.5 Å². The number of benzene rings is 2. The maximum Gasteiger partial charge on any atom is 0.251 e. The highest BCUT2D eigenvalue weighted by molar-refractivity contribution is 5.95. The summed E-state index contributed by atoms with van der Waals surface area (Å²) in [4.78, 5) is 14.9. The van der Waals surface area contributed by atoms with Crippen molar-refractivity contribution in [3.05, 3.63) is 47.5 Å². The number of anilines is 1. The van der Waals surface area contributed by atoms with E-state index in [9.17, 15) is 4.79 Å². The second-order valence-corrected chi connectivity index (χ2v) is 6.36. The van der Waals surface area contributed by atoms with Crippen LogP contribution in [0.2, 0.25) is 0 Å². The zero-order valence-electron chi connectivity index (χ0n) is 16.5. The molecule has 0 spiro atoms. The summed E-state index contributed by atoms with van der Waals surface area (Å²) in [6.45, 7) is 3.74. The first kappa shape index (κ1) is 19.8. The molecule has 1 aliphatic rings. The van der Waals surface area contributed by atoms with E-state index in [4.69, 9.17) is 18.9 Å². The summed E-state index contributed by atoms with van der Waals surface area (Å²) in [5.41, 5.74) is 2.64. The first-order valence-electron chi connectivity index (χ1n) is 9.16. The molecule has 2 aromatic rings. The van der Waals surface area contributed by atoms with Gasteiger partial charge in [0.25, 0.3) is 5.91 Å². The molecule has 2 aromatic carbocycles. The third kappa shape index (κ3) is 4.48. The Morgan fingerprint density at radius 2 is 1.61 bits per heavy atom. The number of carbonyl (C=O) groups excluding carboxylic acids is 1. The van der Waals surface area contributed by atoms with Crippen LogP contribution < -0.4 is 24.4 Å². The number of hydrogen-bond donors (Lipinski definition) is 1. The molecule has 0 bridgehead atoms. The molecule has 150 valence electrons. The monoisotopic (exact) mass is 386 g/mol. The summed E-state index contributed by atoms with van der Waals surface area (Å²) in [5, 5.41) is 2.93. The highest BCUT2D eigenvalue weighted by Gasteiger charge is 2.17. The van der Waals surface area contributed by atoms with Gasteiger partial charge in [0.15, 0.2) is 11.5 Å². The molecule has 1 N–H and O–H groups in total. The van der Waals surface area contributed by atoms with Crippen molar-refractivity contribution in [1.82, 2.24) is 5.32 Å². The first-order valence-corrected chi connectivity index (χ1v) is 9.16. The number of morpholine rings is 1. The summed E-state index contributed by atoms with van der Waals surface area (Å²) in [5.74, 6) is 1.14. The van der Waals surface area contributed by atoms with E-state index in [2.05, 4.69) is 22.3 Å². The molecule has 0 aliphatic carbocycles. The van der Waals surface area contributed by atoms with Crippen molar-refractivity contribution in [1.29, 1.82) is 0 Å². The molecule has 0 unspecified atom stereocenters. The average molecular weight is 386 g/mol. The van der Waals surface area contributed by atoms with Gasteiger partial charge in [-0.1, -0.05) is 12.1 Å². The van der Waals surface area contributed by atoms with Gasteiger partial charge in [-0.2, -0.15) is 0 Å². The molecular weight excluding hydrogens is 360 g/mol. The second kappa shape index (κ2) is 9.32. The Labute approximate surface area is 165 Å². The largest absolute Gasteiger partial charge is 0.493 e. The van der Waals surface area contributed by atoms with Crippen LogP contribution in [0.4, 0.5) is 5.69 Å². The van der Waals surface area contributed by atoms with Crippen LogP contribution in [0.15, 0.2) is 36.4 Å². The van der Waals surface area contributed by atoms with E-state index in [1.807, 2.05) is 12.1 Å². The Balaban J connectivity index is 1.65. The number of carbonyl (C=O) groups is 1. The van der Waals surface area contributed by atoms with Gasteiger partial charge in [-0.25, -0.2) is 0 Å². The van der Waals surface area contributed by atoms with Crippen LogP contribution in [0.1, 0.15) is 15.9 Å². The molecule has 0 atom stereocenters. The SMILES string of the molecule is COc1cc(C(=O)NCc2ccc(N3CCOCC3)cc2)cc(OC)c1OC. The van der Waals surface area contributed by atoms with E-state index in [-0.39, 0.29) is 5.91 Å². The van der Waals surface area contributed by atoms with Crippen LogP contribution >= 0.6 is 0 Å². The van der Waals surface area contributed by atoms with E-state index in [0.29, 0.717) is 29.4 Å². The van der Waals surface area contributed by atoms with Gasteiger partial charge in [-0.05, 0) is 29.8 Å². The van der Waals surface area contributed by atoms with Crippen molar-refractivity contribution >= 4 is 11.6 Å².